The number of hydrogen-bond acceptors (Lipinski definition) is 2. The lowest BCUT2D eigenvalue weighted by Gasteiger charge is -1.91. The minimum Gasteiger partial charge on any atom is -0.431 e. The molecule has 0 spiro atoms. The van der Waals surface area contributed by atoms with Gasteiger partial charge in [-0.2, -0.15) is 0 Å². The van der Waals surface area contributed by atoms with Crippen LogP contribution in [0, 0.1) is 0 Å². The average molecular weight is 104 g/mol. The van der Waals surface area contributed by atoms with Crippen molar-refractivity contribution >= 4 is 5.97 Å². The lowest BCUT2D eigenvalue weighted by molar-refractivity contribution is -0.146. The summed E-state index contributed by atoms with van der Waals surface area (Å²) in [5.74, 6) is -0.424. The van der Waals surface area contributed by atoms with Gasteiger partial charge in [-0.25, -0.2) is 4.39 Å². The third-order valence-electron chi connectivity index (χ3n) is 0.835. The van der Waals surface area contributed by atoms with E-state index < -0.39 is 12.3 Å². The van der Waals surface area contributed by atoms with E-state index in [-0.39, 0.29) is 12.8 Å². The van der Waals surface area contributed by atoms with Crippen molar-refractivity contribution in [3.05, 3.63) is 0 Å². The molecule has 7 heavy (non-hydrogen) atoms. The fourth-order valence-electron chi connectivity index (χ4n) is 0.492. The lowest BCUT2D eigenvalue weighted by atomic mass is 10.4. The molecule has 3 heteroatoms. The predicted molar refractivity (Wildman–Crippen MR) is 20.2 cm³/mol. The van der Waals surface area contributed by atoms with Gasteiger partial charge in [0.05, 0.1) is 6.42 Å². The zero-order valence-corrected chi connectivity index (χ0v) is 3.69. The summed E-state index contributed by atoms with van der Waals surface area (Å²) < 4.78 is 15.8. The highest BCUT2D eigenvalue weighted by atomic mass is 19.1. The van der Waals surface area contributed by atoms with Crippen molar-refractivity contribution in [2.45, 2.75) is 19.2 Å². The Morgan fingerprint density at radius 1 is 1.86 bits per heavy atom. The largest absolute Gasteiger partial charge is 0.431 e. The van der Waals surface area contributed by atoms with Crippen LogP contribution in [0.15, 0.2) is 0 Å². The molecule has 0 saturated carbocycles. The second kappa shape index (κ2) is 1.48. The maximum atomic E-state index is 11.7. The summed E-state index contributed by atoms with van der Waals surface area (Å²) in [4.78, 5) is 9.99. The molecular weight excluding hydrogens is 99.0 g/mol. The minimum atomic E-state index is -1.33. The van der Waals surface area contributed by atoms with Gasteiger partial charge in [0.2, 0.25) is 6.36 Å². The van der Waals surface area contributed by atoms with E-state index in [9.17, 15) is 9.18 Å². The quantitative estimate of drug-likeness (QED) is 0.421. The van der Waals surface area contributed by atoms with Crippen molar-refractivity contribution in [1.29, 1.82) is 0 Å². The smallest absolute Gasteiger partial charge is 0.308 e. The van der Waals surface area contributed by atoms with E-state index in [1.54, 1.807) is 0 Å². The first-order valence-electron chi connectivity index (χ1n) is 2.12. The van der Waals surface area contributed by atoms with Crippen LogP contribution in [0.5, 0.6) is 0 Å². The van der Waals surface area contributed by atoms with Gasteiger partial charge in [0.15, 0.2) is 0 Å². The number of carbonyl (C=O) groups excluding carboxylic acids is 1. The normalized spacial score (nSPS) is 30.4. The molecule has 0 bridgehead atoms. The highest BCUT2D eigenvalue weighted by Crippen LogP contribution is 2.13. The molecule has 1 unspecified atom stereocenters. The SMILES string of the molecule is O=C1CCC(F)O1. The standard InChI is InChI=1S/C4H5FO2/c5-3-1-2-4(6)7-3/h3H,1-2H2. The van der Waals surface area contributed by atoms with Crippen molar-refractivity contribution in [2.24, 2.45) is 0 Å². The third kappa shape index (κ3) is 0.885. The van der Waals surface area contributed by atoms with E-state index >= 15 is 0 Å². The van der Waals surface area contributed by atoms with E-state index in [0.717, 1.165) is 0 Å². The maximum absolute atomic E-state index is 11.7. The molecule has 0 aliphatic carbocycles. The molecule has 0 amide bonds. The molecule has 40 valence electrons. The van der Waals surface area contributed by atoms with Crippen molar-refractivity contribution < 1.29 is 13.9 Å². The minimum absolute atomic E-state index is 0.235. The molecule has 0 N–H and O–H groups in total. The van der Waals surface area contributed by atoms with Crippen LogP contribution in [0.4, 0.5) is 4.39 Å². The van der Waals surface area contributed by atoms with Crippen LogP contribution in [-0.2, 0) is 9.53 Å². The molecule has 2 nitrogen and oxygen atoms in total. The summed E-state index contributed by atoms with van der Waals surface area (Å²) in [6.07, 6.45) is -0.854. The molecule has 1 aliphatic heterocycles. The summed E-state index contributed by atoms with van der Waals surface area (Å²) in [5.41, 5.74) is 0. The highest BCUT2D eigenvalue weighted by Gasteiger charge is 2.21. The zero-order chi connectivity index (χ0) is 5.28. The molecule has 1 aliphatic rings. The number of esters is 1. The Bertz CT molecular complexity index is 91.7. The van der Waals surface area contributed by atoms with Crippen LogP contribution >= 0.6 is 0 Å². The number of carbonyl (C=O) groups is 1. The zero-order valence-electron chi connectivity index (χ0n) is 3.69. The second-order valence-corrected chi connectivity index (χ2v) is 1.44. The molecule has 1 atom stereocenters. The molecule has 1 heterocycles. The van der Waals surface area contributed by atoms with Gasteiger partial charge in [0.1, 0.15) is 0 Å². The summed E-state index contributed by atoms with van der Waals surface area (Å²) in [5, 5.41) is 0. The first-order chi connectivity index (χ1) is 3.29. The van der Waals surface area contributed by atoms with Gasteiger partial charge < -0.3 is 4.74 Å². The number of halogens is 1. The summed E-state index contributed by atoms with van der Waals surface area (Å²) in [6.45, 7) is 0. The number of hydrogen-bond donors (Lipinski definition) is 0. The van der Waals surface area contributed by atoms with Crippen LogP contribution in [0.3, 0.4) is 0 Å². The van der Waals surface area contributed by atoms with Gasteiger partial charge in [-0.15, -0.1) is 0 Å². The number of rotatable bonds is 0. The predicted octanol–water partition coefficient (Wildman–Crippen LogP) is 0.619. The van der Waals surface area contributed by atoms with E-state index in [2.05, 4.69) is 4.74 Å². The monoisotopic (exact) mass is 104 g/mol. The highest BCUT2D eigenvalue weighted by molar-refractivity contribution is 5.71. The average Bonchev–Trinajstić information content (AvgIpc) is 1.87. The van der Waals surface area contributed by atoms with Gasteiger partial charge in [0.25, 0.3) is 0 Å². The first kappa shape index (κ1) is 4.56. The van der Waals surface area contributed by atoms with Gasteiger partial charge in [0, 0.05) is 6.42 Å². The van der Waals surface area contributed by atoms with E-state index in [0.29, 0.717) is 0 Å². The molecule has 0 aromatic carbocycles. The molecular formula is C4H5FO2. The first-order valence-corrected chi connectivity index (χ1v) is 2.12. The summed E-state index contributed by atoms with van der Waals surface area (Å²) in [6, 6.07) is 0. The van der Waals surface area contributed by atoms with Gasteiger partial charge in [-0.05, 0) is 0 Å². The second-order valence-electron chi connectivity index (χ2n) is 1.44. The maximum Gasteiger partial charge on any atom is 0.308 e. The van der Waals surface area contributed by atoms with Crippen LogP contribution < -0.4 is 0 Å². The Morgan fingerprint density at radius 3 is 2.71 bits per heavy atom. The van der Waals surface area contributed by atoms with Crippen LogP contribution in [0.25, 0.3) is 0 Å². The van der Waals surface area contributed by atoms with E-state index in [4.69, 9.17) is 0 Å². The van der Waals surface area contributed by atoms with Crippen molar-refractivity contribution in [3.8, 4) is 0 Å². The fourth-order valence-corrected chi connectivity index (χ4v) is 0.492. The van der Waals surface area contributed by atoms with Crippen molar-refractivity contribution in [3.63, 3.8) is 0 Å². The third-order valence-corrected chi connectivity index (χ3v) is 0.835. The Balaban J connectivity index is 2.40. The Labute approximate surface area is 40.3 Å². The molecule has 0 aromatic heterocycles. The van der Waals surface area contributed by atoms with E-state index in [1.165, 1.54) is 0 Å². The van der Waals surface area contributed by atoms with Crippen LogP contribution in [0.1, 0.15) is 12.8 Å². The Hall–Kier alpha value is -0.600. The molecule has 0 aromatic rings. The van der Waals surface area contributed by atoms with E-state index in [1.807, 2.05) is 0 Å². The number of cyclic esters (lactones) is 1. The van der Waals surface area contributed by atoms with Crippen molar-refractivity contribution in [2.75, 3.05) is 0 Å². The van der Waals surface area contributed by atoms with Gasteiger partial charge in [-0.3, -0.25) is 4.79 Å². The van der Waals surface area contributed by atoms with Gasteiger partial charge in [-0.1, -0.05) is 0 Å². The Kier molecular flexibility index (Phi) is 0.964. The fraction of sp³-hybridized carbons (Fsp3) is 0.750. The van der Waals surface area contributed by atoms with Crippen molar-refractivity contribution in [1.82, 2.24) is 0 Å². The van der Waals surface area contributed by atoms with Crippen LogP contribution in [-0.4, -0.2) is 12.3 Å². The summed E-state index contributed by atoms with van der Waals surface area (Å²) >= 11 is 0. The topological polar surface area (TPSA) is 26.3 Å². The molecule has 1 rings (SSSR count). The van der Waals surface area contributed by atoms with Crippen LogP contribution in [0.2, 0.25) is 0 Å². The Morgan fingerprint density at radius 2 is 2.57 bits per heavy atom. The number of ether oxygens (including phenoxy) is 1. The van der Waals surface area contributed by atoms with Gasteiger partial charge >= 0.3 is 5.97 Å². The lowest BCUT2D eigenvalue weighted by Crippen LogP contribution is -1.97. The summed E-state index contributed by atoms with van der Waals surface area (Å²) in [7, 11) is 0. The molecule has 0 radical (unpaired) electrons. The molecule has 1 saturated heterocycles. The number of alkyl halides is 1. The molecule has 1 fully saturated rings.